The van der Waals surface area contributed by atoms with Crippen LogP contribution in [0.1, 0.15) is 17.5 Å². The number of methoxy groups -OCH3 is 2. The van der Waals surface area contributed by atoms with Crippen molar-refractivity contribution >= 4 is 23.2 Å². The highest BCUT2D eigenvalue weighted by molar-refractivity contribution is 6.04. The standard InChI is InChI=1S/C21H24N2O4/c1-14-7-8-19(27-3)18(9-14)23-12-16(11-20(23)24)21(25)22-17-6-4-5-15(10-17)13-26-2/h4-10,16H,11-13H2,1-3H3,(H,22,25). The van der Waals surface area contributed by atoms with E-state index in [2.05, 4.69) is 5.32 Å². The van der Waals surface area contributed by atoms with Crippen molar-refractivity contribution in [1.82, 2.24) is 0 Å². The van der Waals surface area contributed by atoms with Gasteiger partial charge in [-0.15, -0.1) is 0 Å². The van der Waals surface area contributed by atoms with Gasteiger partial charge in [0.1, 0.15) is 5.75 Å². The minimum Gasteiger partial charge on any atom is -0.495 e. The van der Waals surface area contributed by atoms with E-state index >= 15 is 0 Å². The van der Waals surface area contributed by atoms with E-state index in [1.54, 1.807) is 19.1 Å². The van der Waals surface area contributed by atoms with Gasteiger partial charge in [-0.25, -0.2) is 0 Å². The highest BCUT2D eigenvalue weighted by Crippen LogP contribution is 2.34. The number of rotatable bonds is 6. The molecular weight excluding hydrogens is 344 g/mol. The molecule has 6 heteroatoms. The Morgan fingerprint density at radius 1 is 1.22 bits per heavy atom. The topological polar surface area (TPSA) is 67.9 Å². The predicted octanol–water partition coefficient (Wildman–Crippen LogP) is 3.14. The molecule has 0 bridgehead atoms. The van der Waals surface area contributed by atoms with Crippen LogP contribution in [0.2, 0.25) is 0 Å². The van der Waals surface area contributed by atoms with Crippen LogP contribution < -0.4 is 15.0 Å². The van der Waals surface area contributed by atoms with Crippen LogP contribution in [0.25, 0.3) is 0 Å². The molecule has 2 aromatic rings. The molecule has 27 heavy (non-hydrogen) atoms. The fraction of sp³-hybridized carbons (Fsp3) is 0.333. The number of hydrogen-bond acceptors (Lipinski definition) is 4. The summed E-state index contributed by atoms with van der Waals surface area (Å²) in [5.74, 6) is -0.0182. The van der Waals surface area contributed by atoms with Crippen molar-refractivity contribution < 1.29 is 19.1 Å². The summed E-state index contributed by atoms with van der Waals surface area (Å²) in [7, 11) is 3.20. The summed E-state index contributed by atoms with van der Waals surface area (Å²) in [6.45, 7) is 2.77. The Hall–Kier alpha value is -2.86. The Morgan fingerprint density at radius 3 is 2.78 bits per heavy atom. The van der Waals surface area contributed by atoms with Gasteiger partial charge in [0.2, 0.25) is 11.8 Å². The van der Waals surface area contributed by atoms with Gasteiger partial charge in [-0.3, -0.25) is 9.59 Å². The summed E-state index contributed by atoms with van der Waals surface area (Å²) in [5.41, 5.74) is 3.42. The third-order valence-corrected chi connectivity index (χ3v) is 4.63. The summed E-state index contributed by atoms with van der Waals surface area (Å²) in [4.78, 5) is 26.8. The zero-order valence-corrected chi connectivity index (χ0v) is 15.8. The van der Waals surface area contributed by atoms with E-state index in [-0.39, 0.29) is 18.2 Å². The molecule has 1 atom stereocenters. The second kappa shape index (κ2) is 8.22. The number of benzene rings is 2. The molecule has 6 nitrogen and oxygen atoms in total. The lowest BCUT2D eigenvalue weighted by Gasteiger charge is -2.20. The van der Waals surface area contributed by atoms with Gasteiger partial charge >= 0.3 is 0 Å². The molecule has 0 aliphatic carbocycles. The quantitative estimate of drug-likeness (QED) is 0.851. The lowest BCUT2D eigenvalue weighted by atomic mass is 10.1. The molecule has 1 heterocycles. The van der Waals surface area contributed by atoms with E-state index in [0.717, 1.165) is 11.1 Å². The summed E-state index contributed by atoms with van der Waals surface area (Å²) < 4.78 is 10.5. The Morgan fingerprint density at radius 2 is 2.04 bits per heavy atom. The van der Waals surface area contributed by atoms with Crippen molar-refractivity contribution in [2.75, 3.05) is 31.0 Å². The van der Waals surface area contributed by atoms with Gasteiger partial charge in [0, 0.05) is 25.8 Å². The van der Waals surface area contributed by atoms with Crippen LogP contribution >= 0.6 is 0 Å². The third kappa shape index (κ3) is 4.28. The van der Waals surface area contributed by atoms with Gasteiger partial charge < -0.3 is 19.7 Å². The van der Waals surface area contributed by atoms with Crippen molar-refractivity contribution in [3.05, 3.63) is 53.6 Å². The zero-order chi connectivity index (χ0) is 19.4. The van der Waals surface area contributed by atoms with E-state index in [9.17, 15) is 9.59 Å². The molecule has 3 rings (SSSR count). The maximum Gasteiger partial charge on any atom is 0.229 e. The smallest absolute Gasteiger partial charge is 0.229 e. The molecule has 0 aromatic heterocycles. The van der Waals surface area contributed by atoms with Gasteiger partial charge in [-0.2, -0.15) is 0 Å². The predicted molar refractivity (Wildman–Crippen MR) is 104 cm³/mol. The minimum absolute atomic E-state index is 0.0767. The fourth-order valence-corrected chi connectivity index (χ4v) is 3.28. The monoisotopic (exact) mass is 368 g/mol. The van der Waals surface area contributed by atoms with E-state index in [4.69, 9.17) is 9.47 Å². The molecule has 0 saturated carbocycles. The maximum atomic E-state index is 12.7. The van der Waals surface area contributed by atoms with Crippen molar-refractivity contribution in [3.63, 3.8) is 0 Å². The first kappa shape index (κ1) is 18.9. The number of anilines is 2. The summed E-state index contributed by atoms with van der Waals surface area (Å²) >= 11 is 0. The van der Waals surface area contributed by atoms with Crippen molar-refractivity contribution in [2.45, 2.75) is 20.0 Å². The number of carbonyl (C=O) groups excluding carboxylic acids is 2. The average molecular weight is 368 g/mol. The summed E-state index contributed by atoms with van der Waals surface area (Å²) in [6, 6.07) is 13.2. The van der Waals surface area contributed by atoms with Crippen LogP contribution in [-0.4, -0.2) is 32.6 Å². The van der Waals surface area contributed by atoms with Crippen LogP contribution in [0.5, 0.6) is 5.75 Å². The summed E-state index contributed by atoms with van der Waals surface area (Å²) in [6.07, 6.45) is 0.181. The van der Waals surface area contributed by atoms with Crippen LogP contribution in [-0.2, 0) is 20.9 Å². The lowest BCUT2D eigenvalue weighted by molar-refractivity contribution is -0.122. The molecule has 1 aliphatic heterocycles. The fourth-order valence-electron chi connectivity index (χ4n) is 3.28. The van der Waals surface area contributed by atoms with Crippen LogP contribution in [0.3, 0.4) is 0 Å². The highest BCUT2D eigenvalue weighted by Gasteiger charge is 2.36. The van der Waals surface area contributed by atoms with Gasteiger partial charge in [-0.05, 0) is 42.3 Å². The first-order valence-corrected chi connectivity index (χ1v) is 8.85. The third-order valence-electron chi connectivity index (χ3n) is 4.63. The molecule has 0 spiro atoms. The molecule has 2 amide bonds. The van der Waals surface area contributed by atoms with Crippen LogP contribution in [0, 0.1) is 12.8 Å². The van der Waals surface area contributed by atoms with Crippen molar-refractivity contribution in [2.24, 2.45) is 5.92 Å². The first-order valence-electron chi connectivity index (χ1n) is 8.85. The summed E-state index contributed by atoms with van der Waals surface area (Å²) in [5, 5.41) is 2.91. The number of carbonyl (C=O) groups is 2. The maximum absolute atomic E-state index is 12.7. The molecule has 1 N–H and O–H groups in total. The number of amides is 2. The van der Waals surface area contributed by atoms with Crippen LogP contribution in [0.4, 0.5) is 11.4 Å². The Balaban J connectivity index is 1.73. The molecule has 1 unspecified atom stereocenters. The normalized spacial score (nSPS) is 16.5. The van der Waals surface area contributed by atoms with E-state index in [1.165, 1.54) is 0 Å². The van der Waals surface area contributed by atoms with Crippen molar-refractivity contribution in [3.8, 4) is 5.75 Å². The van der Waals surface area contributed by atoms with Gasteiger partial charge in [0.15, 0.2) is 0 Å². The minimum atomic E-state index is -0.409. The number of aryl methyl sites for hydroxylation is 1. The van der Waals surface area contributed by atoms with E-state index < -0.39 is 5.92 Å². The molecule has 2 aromatic carbocycles. The largest absolute Gasteiger partial charge is 0.495 e. The molecule has 142 valence electrons. The molecule has 0 radical (unpaired) electrons. The second-order valence-corrected chi connectivity index (χ2v) is 6.70. The molecular formula is C21H24N2O4. The number of hydrogen-bond donors (Lipinski definition) is 1. The molecule has 1 aliphatic rings. The average Bonchev–Trinajstić information content (AvgIpc) is 3.04. The van der Waals surface area contributed by atoms with Gasteiger partial charge in [0.25, 0.3) is 0 Å². The number of ether oxygens (including phenoxy) is 2. The molecule has 1 fully saturated rings. The van der Waals surface area contributed by atoms with E-state index in [1.807, 2.05) is 49.4 Å². The highest BCUT2D eigenvalue weighted by atomic mass is 16.5. The van der Waals surface area contributed by atoms with Gasteiger partial charge in [0.05, 0.1) is 25.3 Å². The Kier molecular flexibility index (Phi) is 5.76. The number of nitrogens with zero attached hydrogens (tertiary/aromatic N) is 1. The SMILES string of the molecule is COCc1cccc(NC(=O)C2CC(=O)N(c3cc(C)ccc3OC)C2)c1. The first-order chi connectivity index (χ1) is 13.0. The number of nitrogens with one attached hydrogen (secondary N) is 1. The van der Waals surface area contributed by atoms with Gasteiger partial charge in [-0.1, -0.05) is 18.2 Å². The van der Waals surface area contributed by atoms with Crippen LogP contribution in [0.15, 0.2) is 42.5 Å². The second-order valence-electron chi connectivity index (χ2n) is 6.70. The molecule has 1 saturated heterocycles. The van der Waals surface area contributed by atoms with E-state index in [0.29, 0.717) is 30.3 Å². The Labute approximate surface area is 159 Å². The van der Waals surface area contributed by atoms with Crippen molar-refractivity contribution in [1.29, 1.82) is 0 Å². The zero-order valence-electron chi connectivity index (χ0n) is 15.8. The lowest BCUT2D eigenvalue weighted by Crippen LogP contribution is -2.28. The Bertz CT molecular complexity index is 850.